The number of amides is 1. The number of benzene rings is 2. The van der Waals surface area contributed by atoms with Gasteiger partial charge in [0.2, 0.25) is 5.91 Å². The highest BCUT2D eigenvalue weighted by molar-refractivity contribution is 7.80. The first-order chi connectivity index (χ1) is 18.9. The minimum absolute atomic E-state index is 0.0414. The van der Waals surface area contributed by atoms with E-state index in [4.69, 9.17) is 23.8 Å². The maximum atomic E-state index is 13.1. The lowest BCUT2D eigenvalue weighted by molar-refractivity contribution is -0.116. The third-order valence-corrected chi connectivity index (χ3v) is 8.00. The number of halogens is 1. The topological polar surface area (TPSA) is 62.2 Å². The number of hydrogen-bond donors (Lipinski definition) is 2. The molecule has 1 aliphatic rings. The number of carbonyl (C=O) groups excluding carboxylic acids is 1. The molecule has 0 saturated carbocycles. The average Bonchev–Trinajstić information content (AvgIpc) is 3.42. The molecule has 4 aromatic rings. The lowest BCUT2D eigenvalue weighted by Gasteiger charge is -2.28. The second-order valence-electron chi connectivity index (χ2n) is 9.74. The highest BCUT2D eigenvalue weighted by Crippen LogP contribution is 2.42. The number of nitrogens with zero attached hydrogens (tertiary/aromatic N) is 3. The second-order valence-corrected chi connectivity index (χ2v) is 10.5. The van der Waals surface area contributed by atoms with Crippen molar-refractivity contribution >= 4 is 40.5 Å². The molecule has 0 bridgehead atoms. The molecule has 2 N–H and O–H groups in total. The smallest absolute Gasteiger partial charge is 0.226 e. The van der Waals surface area contributed by atoms with Gasteiger partial charge in [-0.2, -0.15) is 0 Å². The van der Waals surface area contributed by atoms with Crippen molar-refractivity contribution in [3.05, 3.63) is 112 Å². The Bertz CT molecular complexity index is 1500. The normalized spacial score (nSPS) is 16.8. The van der Waals surface area contributed by atoms with E-state index in [0.717, 1.165) is 46.0 Å². The quantitative estimate of drug-likeness (QED) is 0.236. The summed E-state index contributed by atoms with van der Waals surface area (Å²) in [6.07, 6.45) is 2.95. The molecule has 0 unspecified atom stereocenters. The highest BCUT2D eigenvalue weighted by Gasteiger charge is 2.41. The molecule has 39 heavy (non-hydrogen) atoms. The van der Waals surface area contributed by atoms with E-state index in [9.17, 15) is 4.79 Å². The van der Waals surface area contributed by atoms with E-state index in [1.165, 1.54) is 0 Å². The molecular weight excluding hydrogens is 526 g/mol. The standard InChI is InChI=1S/C31H32ClN5OS/c1-4-22-11-5-7-13-25(22)34-28(38)16-18-36-30(29(35-31(36)39)26-14-9-10-17-33-26)23-19-20(2)37(21(23)3)27-15-8-6-12-24(27)32/h5-15,17,19,29-30H,4,16,18H2,1-3H3,(H,34,38)(H,35,39)/t29-,30-/m0/s1. The molecule has 2 aromatic carbocycles. The van der Waals surface area contributed by atoms with Crippen LogP contribution in [0.3, 0.4) is 0 Å². The van der Waals surface area contributed by atoms with Crippen LogP contribution >= 0.6 is 23.8 Å². The van der Waals surface area contributed by atoms with Gasteiger partial charge in [0.15, 0.2) is 5.11 Å². The summed E-state index contributed by atoms with van der Waals surface area (Å²) in [5.41, 5.74) is 7.07. The van der Waals surface area contributed by atoms with Gasteiger partial charge in [-0.05, 0) is 80.0 Å². The molecule has 6 nitrogen and oxygen atoms in total. The Morgan fingerprint density at radius 3 is 2.56 bits per heavy atom. The van der Waals surface area contributed by atoms with Gasteiger partial charge in [-0.3, -0.25) is 9.78 Å². The Hall–Kier alpha value is -3.68. The van der Waals surface area contributed by atoms with Crippen molar-refractivity contribution < 1.29 is 4.79 Å². The molecule has 8 heteroatoms. The summed E-state index contributed by atoms with van der Waals surface area (Å²) in [4.78, 5) is 19.8. The molecule has 1 fully saturated rings. The lowest BCUT2D eigenvalue weighted by Crippen LogP contribution is -2.33. The molecule has 5 rings (SSSR count). The summed E-state index contributed by atoms with van der Waals surface area (Å²) in [7, 11) is 0. The Labute approximate surface area is 240 Å². The van der Waals surface area contributed by atoms with Crippen LogP contribution in [0.1, 0.15) is 53.6 Å². The zero-order chi connectivity index (χ0) is 27.5. The number of anilines is 1. The number of thiocarbonyl (C=S) groups is 1. The van der Waals surface area contributed by atoms with Crippen LogP contribution < -0.4 is 10.6 Å². The number of nitrogens with one attached hydrogen (secondary N) is 2. The average molecular weight is 558 g/mol. The van der Waals surface area contributed by atoms with E-state index in [1.807, 2.05) is 66.7 Å². The van der Waals surface area contributed by atoms with Gasteiger partial charge < -0.3 is 20.1 Å². The Morgan fingerprint density at radius 2 is 1.82 bits per heavy atom. The van der Waals surface area contributed by atoms with Gasteiger partial charge in [0, 0.05) is 36.2 Å². The Morgan fingerprint density at radius 1 is 1.08 bits per heavy atom. The van der Waals surface area contributed by atoms with Gasteiger partial charge in [-0.1, -0.05) is 54.9 Å². The number of aryl methyl sites for hydroxylation is 2. The van der Waals surface area contributed by atoms with Gasteiger partial charge in [-0.25, -0.2) is 0 Å². The summed E-state index contributed by atoms with van der Waals surface area (Å²) >= 11 is 12.4. The molecule has 1 saturated heterocycles. The van der Waals surface area contributed by atoms with Crippen LogP contribution in [0, 0.1) is 13.8 Å². The van der Waals surface area contributed by atoms with Crippen LogP contribution in [0.15, 0.2) is 79.0 Å². The molecule has 0 spiro atoms. The minimum atomic E-state index is -0.164. The molecule has 200 valence electrons. The first-order valence-electron chi connectivity index (χ1n) is 13.2. The minimum Gasteiger partial charge on any atom is -0.352 e. The molecular formula is C31H32ClN5OS. The maximum Gasteiger partial charge on any atom is 0.226 e. The molecule has 0 radical (unpaired) electrons. The van der Waals surface area contributed by atoms with Crippen LogP contribution in [0.2, 0.25) is 5.02 Å². The van der Waals surface area contributed by atoms with Crippen molar-refractivity contribution in [2.24, 2.45) is 0 Å². The van der Waals surface area contributed by atoms with E-state index in [2.05, 4.69) is 51.9 Å². The van der Waals surface area contributed by atoms with Crippen molar-refractivity contribution in [3.8, 4) is 5.69 Å². The zero-order valence-electron chi connectivity index (χ0n) is 22.3. The summed E-state index contributed by atoms with van der Waals surface area (Å²) in [5.74, 6) is -0.0414. The van der Waals surface area contributed by atoms with Crippen LogP contribution in [-0.2, 0) is 11.2 Å². The largest absolute Gasteiger partial charge is 0.352 e. The van der Waals surface area contributed by atoms with Crippen LogP contribution in [0.5, 0.6) is 0 Å². The van der Waals surface area contributed by atoms with Crippen molar-refractivity contribution in [3.63, 3.8) is 0 Å². The molecule has 2 aromatic heterocycles. The highest BCUT2D eigenvalue weighted by atomic mass is 35.5. The van der Waals surface area contributed by atoms with Crippen molar-refractivity contribution in [1.82, 2.24) is 19.8 Å². The molecule has 1 amide bonds. The maximum absolute atomic E-state index is 13.1. The number of aromatic nitrogens is 2. The SMILES string of the molecule is CCc1ccccc1NC(=O)CCN1C(=S)N[C@@H](c2ccccn2)[C@@H]1c1cc(C)n(-c2ccccc2Cl)c1C. The molecule has 1 aliphatic heterocycles. The van der Waals surface area contributed by atoms with E-state index in [0.29, 0.717) is 23.1 Å². The van der Waals surface area contributed by atoms with Gasteiger partial charge in [0.25, 0.3) is 0 Å². The van der Waals surface area contributed by atoms with Crippen LogP contribution in [0.4, 0.5) is 5.69 Å². The van der Waals surface area contributed by atoms with Gasteiger partial charge in [0.1, 0.15) is 0 Å². The van der Waals surface area contributed by atoms with Crippen LogP contribution in [0.25, 0.3) is 5.69 Å². The summed E-state index contributed by atoms with van der Waals surface area (Å²) in [6.45, 7) is 6.74. The fraction of sp³-hybridized carbons (Fsp3) is 0.258. The number of para-hydroxylation sites is 2. The van der Waals surface area contributed by atoms with Crippen molar-refractivity contribution in [1.29, 1.82) is 0 Å². The first kappa shape index (κ1) is 26.9. The molecule has 3 heterocycles. The predicted octanol–water partition coefficient (Wildman–Crippen LogP) is 6.71. The van der Waals surface area contributed by atoms with Gasteiger partial charge in [-0.15, -0.1) is 0 Å². The van der Waals surface area contributed by atoms with E-state index in [1.54, 1.807) is 6.20 Å². The van der Waals surface area contributed by atoms with Crippen molar-refractivity contribution in [2.75, 3.05) is 11.9 Å². The summed E-state index contributed by atoms with van der Waals surface area (Å²) in [5, 5.41) is 7.88. The number of pyridine rings is 1. The number of carbonyl (C=O) groups is 1. The second kappa shape index (κ2) is 11.6. The fourth-order valence-corrected chi connectivity index (χ4v) is 6.01. The first-order valence-corrected chi connectivity index (χ1v) is 14.0. The van der Waals surface area contributed by atoms with Gasteiger partial charge in [0.05, 0.1) is 28.5 Å². The van der Waals surface area contributed by atoms with E-state index in [-0.39, 0.29) is 18.0 Å². The zero-order valence-corrected chi connectivity index (χ0v) is 23.9. The lowest BCUT2D eigenvalue weighted by atomic mass is 9.96. The number of hydrogen-bond acceptors (Lipinski definition) is 3. The summed E-state index contributed by atoms with van der Waals surface area (Å²) in [6, 6.07) is 23.6. The Balaban J connectivity index is 1.47. The van der Waals surface area contributed by atoms with E-state index >= 15 is 0 Å². The predicted molar refractivity (Wildman–Crippen MR) is 161 cm³/mol. The molecule has 0 aliphatic carbocycles. The van der Waals surface area contributed by atoms with Crippen molar-refractivity contribution in [2.45, 2.75) is 45.7 Å². The van der Waals surface area contributed by atoms with Crippen LogP contribution in [-0.4, -0.2) is 32.0 Å². The van der Waals surface area contributed by atoms with E-state index < -0.39 is 0 Å². The molecule has 2 atom stereocenters. The van der Waals surface area contributed by atoms with Gasteiger partial charge >= 0.3 is 0 Å². The third kappa shape index (κ3) is 5.42. The number of rotatable bonds is 8. The summed E-state index contributed by atoms with van der Waals surface area (Å²) < 4.78 is 2.18. The Kier molecular flexibility index (Phi) is 8.00. The third-order valence-electron chi connectivity index (χ3n) is 7.33. The monoisotopic (exact) mass is 557 g/mol. The fourth-order valence-electron chi connectivity index (χ4n) is 5.46.